The first-order valence-electron chi connectivity index (χ1n) is 17.2. The van der Waals surface area contributed by atoms with Crippen LogP contribution in [0.5, 0.6) is 0 Å². The van der Waals surface area contributed by atoms with Gasteiger partial charge in [-0.25, -0.2) is 4.79 Å². The highest BCUT2D eigenvalue weighted by Gasteiger charge is 2.56. The van der Waals surface area contributed by atoms with Crippen LogP contribution in [0.2, 0.25) is 0 Å². The maximum absolute atomic E-state index is 12.1. The van der Waals surface area contributed by atoms with Crippen LogP contribution in [0.4, 0.5) is 0 Å². The number of hydrogen-bond acceptors (Lipinski definition) is 18. The number of carbonyl (C=O) groups excluding carboxylic acids is 1. The van der Waals surface area contributed by atoms with Crippen molar-refractivity contribution in [2.24, 2.45) is 11.8 Å². The second-order valence-corrected chi connectivity index (χ2v) is 14.2. The summed E-state index contributed by atoms with van der Waals surface area (Å²) >= 11 is 0. The Morgan fingerprint density at radius 3 is 1.94 bits per heavy atom. The SMILES string of the molecule is O=C(C[C@@H](O)C(=O)O)OC[C@H]1O[C@@H](OC2CC3C(O[C@@H]4O[C@H](CO)[C@@H](O)[C@H](O)[C@H]4O)CC(O)CC3[OH+]C2C2CCC(O)C(O)C2)[C@H](O)[C@@H](O)[C@@H]1O. The van der Waals surface area contributed by atoms with E-state index in [1.165, 1.54) is 0 Å². The van der Waals surface area contributed by atoms with E-state index in [9.17, 15) is 65.8 Å². The summed E-state index contributed by atoms with van der Waals surface area (Å²) in [6.45, 7) is -1.40. The maximum atomic E-state index is 12.1. The van der Waals surface area contributed by atoms with E-state index in [1.807, 2.05) is 0 Å². The second kappa shape index (κ2) is 17.2. The Hall–Kier alpha value is -1.70. The predicted octanol–water partition coefficient (Wildman–Crippen LogP) is -6.30. The number of carbonyl (C=O) groups is 2. The van der Waals surface area contributed by atoms with E-state index in [1.54, 1.807) is 0 Å². The molecule has 20 atom stereocenters. The highest BCUT2D eigenvalue weighted by atomic mass is 16.7. The van der Waals surface area contributed by atoms with Crippen LogP contribution < -0.4 is 0 Å². The molecular weight excluding hydrogens is 692 g/mol. The number of hydrogen-bond donors (Lipinski definition) is 12. The summed E-state index contributed by atoms with van der Waals surface area (Å²) in [7, 11) is 0. The van der Waals surface area contributed by atoms with Gasteiger partial charge in [-0.15, -0.1) is 0 Å². The van der Waals surface area contributed by atoms with Crippen LogP contribution in [0.3, 0.4) is 0 Å². The smallest absolute Gasteiger partial charge is 0.333 e. The summed E-state index contributed by atoms with van der Waals surface area (Å²) in [5, 5.41) is 123. The van der Waals surface area contributed by atoms with Crippen molar-refractivity contribution in [1.82, 2.24) is 0 Å². The Labute approximate surface area is 291 Å². The van der Waals surface area contributed by atoms with Gasteiger partial charge in [0.15, 0.2) is 30.9 Å². The lowest BCUT2D eigenvalue weighted by molar-refractivity contribution is -0.367. The lowest BCUT2D eigenvalue weighted by Gasteiger charge is -2.50. The predicted molar refractivity (Wildman–Crippen MR) is 162 cm³/mol. The first kappa shape index (κ1) is 40.5. The fourth-order valence-corrected chi connectivity index (χ4v) is 7.81. The highest BCUT2D eigenvalue weighted by molar-refractivity contribution is 5.80. The van der Waals surface area contributed by atoms with Gasteiger partial charge < -0.3 is 89.7 Å². The number of esters is 1. The molecule has 3 saturated heterocycles. The molecule has 5 rings (SSSR count). The van der Waals surface area contributed by atoms with Gasteiger partial charge in [0, 0.05) is 18.8 Å². The van der Waals surface area contributed by atoms with Crippen LogP contribution in [0.25, 0.3) is 0 Å². The molecule has 51 heavy (non-hydrogen) atoms. The molecule has 13 N–H and O–H groups in total. The zero-order valence-corrected chi connectivity index (χ0v) is 27.6. The Balaban J connectivity index is 1.35. The van der Waals surface area contributed by atoms with Crippen LogP contribution in [0, 0.1) is 11.8 Å². The minimum Gasteiger partial charge on any atom is -0.479 e. The fraction of sp³-hybridized carbons (Fsp3) is 0.935. The third-order valence-corrected chi connectivity index (χ3v) is 10.7. The largest absolute Gasteiger partial charge is 0.479 e. The molecule has 20 nitrogen and oxygen atoms in total. The van der Waals surface area contributed by atoms with Crippen molar-refractivity contribution in [3.63, 3.8) is 0 Å². The standard InChI is InChI=1S/C31H50O20/c32-8-19-22(38)24(40)26(42)30(50-19)48-17-5-11(33)4-16-12(17)6-18(28(47-16)10-1-2-13(34)14(35)3-10)49-31-27(43)25(41)23(39)20(51-31)9-46-21(37)7-15(36)29(44)45/h10-20,22-28,30-36,38-43H,1-9H2,(H,44,45)/p+1/t10?,11?,12?,13?,14?,15-,16?,17?,18?,19-,20-,22-,23-,24+,25+,26-,27-,28?,30-,31-/m1/s1. The van der Waals surface area contributed by atoms with Crippen molar-refractivity contribution in [3.05, 3.63) is 0 Å². The number of aliphatic hydroxyl groups excluding tert-OH is 11. The molecular formula is C31H51O20+. The van der Waals surface area contributed by atoms with E-state index in [4.69, 9.17) is 33.5 Å². The van der Waals surface area contributed by atoms with Crippen LogP contribution in [0.15, 0.2) is 0 Å². The zero-order valence-electron chi connectivity index (χ0n) is 27.6. The molecule has 9 unspecified atom stereocenters. The molecule has 2 saturated carbocycles. The number of rotatable bonds is 11. The Morgan fingerprint density at radius 2 is 1.33 bits per heavy atom. The van der Waals surface area contributed by atoms with Crippen molar-refractivity contribution in [2.45, 2.75) is 155 Å². The molecule has 0 bridgehead atoms. The molecule has 0 radical (unpaired) electrons. The van der Waals surface area contributed by atoms with Gasteiger partial charge in [0.1, 0.15) is 61.5 Å². The summed E-state index contributed by atoms with van der Waals surface area (Å²) in [5.41, 5.74) is 0. The highest BCUT2D eigenvalue weighted by Crippen LogP contribution is 2.43. The molecule has 0 aromatic heterocycles. The normalized spacial score (nSPS) is 48.3. The van der Waals surface area contributed by atoms with E-state index >= 15 is 0 Å². The van der Waals surface area contributed by atoms with Gasteiger partial charge in [-0.05, 0) is 25.7 Å². The van der Waals surface area contributed by atoms with Crippen molar-refractivity contribution >= 4 is 11.9 Å². The molecule has 3 heterocycles. The average Bonchev–Trinajstić information content (AvgIpc) is 3.09. The molecule has 0 spiro atoms. The quantitative estimate of drug-likeness (QED) is 0.0691. The van der Waals surface area contributed by atoms with Crippen LogP contribution in [-0.2, 0) is 33.3 Å². The number of aliphatic hydroxyl groups is 13. The Kier molecular flexibility index (Phi) is 13.6. The first-order chi connectivity index (χ1) is 24.1. The molecule has 0 aromatic rings. The summed E-state index contributed by atoms with van der Waals surface area (Å²) in [4.78, 5) is 22.9. The number of aliphatic carboxylic acids is 1. The molecule has 0 aromatic carbocycles. The molecule has 5 fully saturated rings. The van der Waals surface area contributed by atoms with Crippen molar-refractivity contribution in [2.75, 3.05) is 13.2 Å². The summed E-state index contributed by atoms with van der Waals surface area (Å²) in [6, 6.07) is 0. The average molecular weight is 744 g/mol. The van der Waals surface area contributed by atoms with E-state index in [0.717, 1.165) is 0 Å². The second-order valence-electron chi connectivity index (χ2n) is 14.2. The maximum Gasteiger partial charge on any atom is 0.333 e. The lowest BCUT2D eigenvalue weighted by atomic mass is 9.72. The van der Waals surface area contributed by atoms with Crippen LogP contribution >= 0.6 is 0 Å². The van der Waals surface area contributed by atoms with Crippen molar-refractivity contribution in [1.29, 1.82) is 0 Å². The lowest BCUT2D eigenvalue weighted by Crippen LogP contribution is -2.64. The van der Waals surface area contributed by atoms with Gasteiger partial charge in [-0.2, -0.15) is 0 Å². The minimum atomic E-state index is -2.04. The number of carboxylic acids is 1. The molecule has 5 aliphatic rings. The fourth-order valence-electron chi connectivity index (χ4n) is 7.81. The Bertz CT molecular complexity index is 1160. The van der Waals surface area contributed by atoms with Gasteiger partial charge in [0.05, 0.1) is 43.4 Å². The monoisotopic (exact) mass is 743 g/mol. The topological polar surface area (TPSA) is 336 Å². The molecule has 2 aliphatic carbocycles. The van der Waals surface area contributed by atoms with Crippen LogP contribution in [0.1, 0.15) is 44.9 Å². The summed E-state index contributed by atoms with van der Waals surface area (Å²) < 4.78 is 33.6. The van der Waals surface area contributed by atoms with Crippen molar-refractivity contribution < 1.29 is 99.3 Å². The van der Waals surface area contributed by atoms with Gasteiger partial charge in [-0.3, -0.25) is 4.79 Å². The summed E-state index contributed by atoms with van der Waals surface area (Å²) in [6.07, 6.45) is -24.2. The zero-order chi connectivity index (χ0) is 37.3. The molecule has 0 amide bonds. The first-order valence-corrected chi connectivity index (χ1v) is 17.2. The van der Waals surface area contributed by atoms with E-state index < -0.39 is 148 Å². The third kappa shape index (κ3) is 9.16. The van der Waals surface area contributed by atoms with Gasteiger partial charge in [0.25, 0.3) is 0 Å². The van der Waals surface area contributed by atoms with Gasteiger partial charge in [0.2, 0.25) is 0 Å². The van der Waals surface area contributed by atoms with E-state index in [-0.39, 0.29) is 38.0 Å². The van der Waals surface area contributed by atoms with E-state index in [0.29, 0.717) is 6.42 Å². The number of carboxylic acid groups (broad SMARTS) is 1. The number of fused-ring (bicyclic) bond motifs is 1. The molecule has 294 valence electrons. The van der Waals surface area contributed by atoms with Crippen molar-refractivity contribution in [3.8, 4) is 0 Å². The summed E-state index contributed by atoms with van der Waals surface area (Å²) in [5.74, 6) is -3.70. The molecule has 3 aliphatic heterocycles. The molecule has 20 heteroatoms. The Morgan fingerprint density at radius 1 is 0.725 bits per heavy atom. The third-order valence-electron chi connectivity index (χ3n) is 10.7. The van der Waals surface area contributed by atoms with Gasteiger partial charge in [-0.1, -0.05) is 0 Å². The van der Waals surface area contributed by atoms with Gasteiger partial charge >= 0.3 is 11.9 Å². The van der Waals surface area contributed by atoms with E-state index in [2.05, 4.69) is 0 Å². The van der Waals surface area contributed by atoms with Crippen LogP contribution in [-0.4, -0.2) is 201 Å². The number of ether oxygens (including phenoxy) is 6. The minimum absolute atomic E-state index is 0.0366.